The van der Waals surface area contributed by atoms with E-state index in [2.05, 4.69) is 16.0 Å². The van der Waals surface area contributed by atoms with Gasteiger partial charge in [-0.15, -0.1) is 0 Å². The number of epoxide rings is 1. The highest BCUT2D eigenvalue weighted by Crippen LogP contribution is 2.23. The summed E-state index contributed by atoms with van der Waals surface area (Å²) >= 11 is 0. The molecule has 0 radical (unpaired) electrons. The maximum Gasteiger partial charge on any atom is 0.253 e. The Morgan fingerprint density at radius 1 is 0.912 bits per heavy atom. The normalized spacial score (nSPS) is 18.6. The van der Waals surface area contributed by atoms with Crippen LogP contribution in [-0.2, 0) is 25.5 Å². The molecule has 1 heterocycles. The van der Waals surface area contributed by atoms with E-state index in [1.807, 2.05) is 51.1 Å². The molecule has 34 heavy (non-hydrogen) atoms. The first-order chi connectivity index (χ1) is 16.2. The molecule has 182 valence electrons. The van der Waals surface area contributed by atoms with E-state index in [1.165, 1.54) is 0 Å². The second-order valence-electron chi connectivity index (χ2n) is 9.02. The zero-order valence-corrected chi connectivity index (χ0v) is 19.8. The van der Waals surface area contributed by atoms with E-state index >= 15 is 0 Å². The minimum Gasteiger partial charge on any atom is -0.508 e. The average molecular weight is 468 g/mol. The Kier molecular flexibility index (Phi) is 8.65. The molecule has 2 aromatic rings. The van der Waals surface area contributed by atoms with Crippen molar-refractivity contribution in [2.45, 2.75) is 57.9 Å². The lowest BCUT2D eigenvalue weighted by molar-refractivity contribution is -0.130. The molecule has 0 saturated carbocycles. The number of amides is 3. The Labute approximate surface area is 200 Å². The minimum absolute atomic E-state index is 0.183. The molecule has 0 bridgehead atoms. The van der Waals surface area contributed by atoms with E-state index in [4.69, 9.17) is 4.74 Å². The molecule has 4 atom stereocenters. The zero-order chi connectivity index (χ0) is 24.7. The maximum atomic E-state index is 12.9. The number of hydrogen-bond acceptors (Lipinski definition) is 5. The van der Waals surface area contributed by atoms with Gasteiger partial charge in [0.1, 0.15) is 11.8 Å². The van der Waals surface area contributed by atoms with E-state index < -0.39 is 24.2 Å². The van der Waals surface area contributed by atoms with Crippen LogP contribution >= 0.6 is 0 Å². The van der Waals surface area contributed by atoms with Crippen LogP contribution < -0.4 is 16.0 Å². The van der Waals surface area contributed by atoms with Crippen LogP contribution in [0.2, 0.25) is 0 Å². The van der Waals surface area contributed by atoms with Crippen molar-refractivity contribution in [3.05, 3.63) is 65.7 Å². The first-order valence-electron chi connectivity index (χ1n) is 11.6. The van der Waals surface area contributed by atoms with Gasteiger partial charge in [-0.3, -0.25) is 14.4 Å². The van der Waals surface area contributed by atoms with Gasteiger partial charge in [-0.2, -0.15) is 0 Å². The second kappa shape index (κ2) is 11.7. The molecule has 0 aliphatic carbocycles. The molecule has 1 aliphatic rings. The van der Waals surface area contributed by atoms with Crippen LogP contribution in [0.1, 0.15) is 44.4 Å². The number of carbonyl (C=O) groups is 3. The summed E-state index contributed by atoms with van der Waals surface area (Å²) in [4.78, 5) is 37.9. The Hall–Kier alpha value is -3.39. The fraction of sp³-hybridized carbons (Fsp3) is 0.423. The Bertz CT molecular complexity index is 978. The standard InChI is InChI=1S/C26H33N3O5/c1-16(2)15-21(24(31)28-17(3)19-7-5-4-6-8-19)29-26(33)23-22(34-23)25(32)27-14-13-18-9-11-20(30)12-10-18/h4-12,16-17,21-23,30H,13-15H2,1-3H3,(H,27,32)(H,28,31)(H,29,33)/t17-,21+,22?,23?/m1/s1. The van der Waals surface area contributed by atoms with Gasteiger partial charge in [0, 0.05) is 6.54 Å². The van der Waals surface area contributed by atoms with Crippen molar-refractivity contribution in [2.75, 3.05) is 6.54 Å². The van der Waals surface area contributed by atoms with Gasteiger partial charge in [0.2, 0.25) is 5.91 Å². The predicted molar refractivity (Wildman–Crippen MR) is 128 cm³/mol. The molecular formula is C26H33N3O5. The lowest BCUT2D eigenvalue weighted by atomic mass is 10.0. The van der Waals surface area contributed by atoms with Gasteiger partial charge in [-0.05, 0) is 48.9 Å². The molecule has 4 N–H and O–H groups in total. The largest absolute Gasteiger partial charge is 0.508 e. The van der Waals surface area contributed by atoms with Crippen molar-refractivity contribution in [1.29, 1.82) is 0 Å². The van der Waals surface area contributed by atoms with Crippen LogP contribution in [0.4, 0.5) is 0 Å². The fourth-order valence-corrected chi connectivity index (χ4v) is 3.70. The number of rotatable bonds is 11. The molecule has 0 spiro atoms. The van der Waals surface area contributed by atoms with Crippen LogP contribution in [0.5, 0.6) is 5.75 Å². The van der Waals surface area contributed by atoms with E-state index in [9.17, 15) is 19.5 Å². The third-order valence-electron chi connectivity index (χ3n) is 5.66. The number of aromatic hydroxyl groups is 1. The molecule has 2 unspecified atom stereocenters. The highest BCUT2D eigenvalue weighted by Gasteiger charge is 2.50. The average Bonchev–Trinajstić information content (AvgIpc) is 3.61. The number of ether oxygens (including phenoxy) is 1. The summed E-state index contributed by atoms with van der Waals surface area (Å²) in [5.74, 6) is -0.725. The summed E-state index contributed by atoms with van der Waals surface area (Å²) in [6, 6.07) is 15.4. The SMILES string of the molecule is CC(C)C[C@H](NC(=O)C1OC1C(=O)NCCc1ccc(O)cc1)C(=O)N[C@H](C)c1ccccc1. The monoisotopic (exact) mass is 467 g/mol. The molecule has 8 heteroatoms. The predicted octanol–water partition coefficient (Wildman–Crippen LogP) is 2.23. The molecule has 0 aromatic heterocycles. The quantitative estimate of drug-likeness (QED) is 0.378. The van der Waals surface area contributed by atoms with E-state index in [0.717, 1.165) is 11.1 Å². The Morgan fingerprint density at radius 3 is 2.21 bits per heavy atom. The van der Waals surface area contributed by atoms with Crippen molar-refractivity contribution < 1.29 is 24.2 Å². The molecule has 8 nitrogen and oxygen atoms in total. The molecule has 3 amide bonds. The third kappa shape index (κ3) is 7.31. The Balaban J connectivity index is 1.47. The first kappa shape index (κ1) is 25.2. The van der Waals surface area contributed by atoms with E-state index in [-0.39, 0.29) is 29.5 Å². The van der Waals surface area contributed by atoms with Crippen molar-refractivity contribution in [2.24, 2.45) is 5.92 Å². The molecule has 2 aromatic carbocycles. The maximum absolute atomic E-state index is 12.9. The lowest BCUT2D eigenvalue weighted by Crippen LogP contribution is -2.49. The summed E-state index contributed by atoms with van der Waals surface area (Å²) in [6.45, 7) is 6.23. The topological polar surface area (TPSA) is 120 Å². The van der Waals surface area contributed by atoms with E-state index in [0.29, 0.717) is 19.4 Å². The molecule has 1 saturated heterocycles. The van der Waals surface area contributed by atoms with Crippen LogP contribution in [0, 0.1) is 5.92 Å². The smallest absolute Gasteiger partial charge is 0.253 e. The van der Waals surface area contributed by atoms with Gasteiger partial charge in [0.15, 0.2) is 12.2 Å². The highest BCUT2D eigenvalue weighted by molar-refractivity contribution is 5.97. The summed E-state index contributed by atoms with van der Waals surface area (Å²) in [5, 5.41) is 17.8. The molecule has 3 rings (SSSR count). The van der Waals surface area contributed by atoms with Gasteiger partial charge in [0.25, 0.3) is 11.8 Å². The number of hydrogen-bond donors (Lipinski definition) is 4. The number of carbonyl (C=O) groups excluding carboxylic acids is 3. The van der Waals surface area contributed by atoms with Gasteiger partial charge in [0.05, 0.1) is 6.04 Å². The van der Waals surface area contributed by atoms with Crippen LogP contribution in [0.3, 0.4) is 0 Å². The Morgan fingerprint density at radius 2 is 1.56 bits per heavy atom. The fourth-order valence-electron chi connectivity index (χ4n) is 3.70. The van der Waals surface area contributed by atoms with Crippen molar-refractivity contribution in [3.8, 4) is 5.75 Å². The highest BCUT2D eigenvalue weighted by atomic mass is 16.6. The number of benzene rings is 2. The lowest BCUT2D eigenvalue weighted by Gasteiger charge is -2.22. The van der Waals surface area contributed by atoms with Gasteiger partial charge in [-0.1, -0.05) is 56.3 Å². The minimum atomic E-state index is -0.900. The number of phenols is 1. The van der Waals surface area contributed by atoms with Crippen LogP contribution in [0.15, 0.2) is 54.6 Å². The van der Waals surface area contributed by atoms with Crippen molar-refractivity contribution >= 4 is 17.7 Å². The van der Waals surface area contributed by atoms with Crippen molar-refractivity contribution in [1.82, 2.24) is 16.0 Å². The van der Waals surface area contributed by atoms with Gasteiger partial charge < -0.3 is 25.8 Å². The summed E-state index contributed by atoms with van der Waals surface area (Å²) < 4.78 is 5.31. The summed E-state index contributed by atoms with van der Waals surface area (Å²) in [5.41, 5.74) is 1.94. The molecule has 1 fully saturated rings. The zero-order valence-electron chi connectivity index (χ0n) is 19.8. The second-order valence-corrected chi connectivity index (χ2v) is 9.02. The first-order valence-corrected chi connectivity index (χ1v) is 11.6. The van der Waals surface area contributed by atoms with Crippen LogP contribution in [0.25, 0.3) is 0 Å². The van der Waals surface area contributed by atoms with Gasteiger partial charge >= 0.3 is 0 Å². The summed E-state index contributed by atoms with van der Waals surface area (Å²) in [6.07, 6.45) is -0.699. The van der Waals surface area contributed by atoms with E-state index in [1.54, 1.807) is 24.3 Å². The van der Waals surface area contributed by atoms with Crippen LogP contribution in [-0.4, -0.2) is 47.6 Å². The third-order valence-corrected chi connectivity index (χ3v) is 5.66. The number of nitrogens with one attached hydrogen (secondary N) is 3. The summed E-state index contributed by atoms with van der Waals surface area (Å²) in [7, 11) is 0. The van der Waals surface area contributed by atoms with Gasteiger partial charge in [-0.25, -0.2) is 0 Å². The number of phenolic OH excluding ortho intramolecular Hbond substituents is 1. The van der Waals surface area contributed by atoms with Crippen molar-refractivity contribution in [3.63, 3.8) is 0 Å². The molecular weight excluding hydrogens is 434 g/mol. The molecule has 1 aliphatic heterocycles.